The molecule has 21 heavy (non-hydrogen) atoms. The lowest BCUT2D eigenvalue weighted by molar-refractivity contribution is -0.113. The Morgan fingerprint density at radius 1 is 1.24 bits per heavy atom. The van der Waals surface area contributed by atoms with Gasteiger partial charge >= 0.3 is 0 Å². The highest BCUT2D eigenvalue weighted by Crippen LogP contribution is 2.77. The molecule has 2 atom stereocenters. The summed E-state index contributed by atoms with van der Waals surface area (Å²) in [5.41, 5.74) is 7.28. The molecule has 4 aliphatic rings. The molecule has 0 bridgehead atoms. The van der Waals surface area contributed by atoms with Crippen LogP contribution >= 0.6 is 0 Å². The molecule has 0 spiro atoms. The fourth-order valence-electron chi connectivity index (χ4n) is 5.00. The summed E-state index contributed by atoms with van der Waals surface area (Å²) < 4.78 is 0. The molecule has 0 aromatic carbocycles. The second-order valence-electron chi connectivity index (χ2n) is 7.92. The normalized spacial score (nSPS) is 47.5. The van der Waals surface area contributed by atoms with E-state index < -0.39 is 5.54 Å². The molecule has 0 heterocycles. The van der Waals surface area contributed by atoms with E-state index in [1.54, 1.807) is 5.57 Å². The van der Waals surface area contributed by atoms with Crippen LogP contribution in [0.1, 0.15) is 51.4 Å². The largest absolute Gasteiger partial charge is 0.319 e. The van der Waals surface area contributed by atoms with Crippen LogP contribution in [0.25, 0.3) is 0 Å². The molecule has 2 N–H and O–H groups in total. The van der Waals surface area contributed by atoms with E-state index in [9.17, 15) is 4.79 Å². The molecule has 0 aromatic heterocycles. The van der Waals surface area contributed by atoms with Crippen LogP contribution in [0.15, 0.2) is 23.8 Å². The molecule has 0 saturated heterocycles. The molecule has 3 saturated carbocycles. The fourth-order valence-corrected chi connectivity index (χ4v) is 5.00. The van der Waals surface area contributed by atoms with Crippen LogP contribution in [0, 0.1) is 29.6 Å². The van der Waals surface area contributed by atoms with Crippen molar-refractivity contribution >= 4 is 6.29 Å². The highest BCUT2D eigenvalue weighted by atomic mass is 16.1. The van der Waals surface area contributed by atoms with Crippen LogP contribution < -0.4 is 5.73 Å². The van der Waals surface area contributed by atoms with E-state index in [4.69, 9.17) is 5.73 Å². The number of allylic oxidation sites excluding steroid dienone is 4. The third-order valence-corrected chi connectivity index (χ3v) is 6.63. The zero-order valence-corrected chi connectivity index (χ0v) is 12.8. The Kier molecular flexibility index (Phi) is 3.33. The van der Waals surface area contributed by atoms with Crippen molar-refractivity contribution in [3.8, 4) is 0 Å². The van der Waals surface area contributed by atoms with Crippen molar-refractivity contribution < 1.29 is 4.79 Å². The van der Waals surface area contributed by atoms with Crippen LogP contribution in [-0.2, 0) is 4.79 Å². The third kappa shape index (κ3) is 2.52. The van der Waals surface area contributed by atoms with Crippen LogP contribution in [-0.4, -0.2) is 11.8 Å². The van der Waals surface area contributed by atoms with Crippen LogP contribution in [0.5, 0.6) is 0 Å². The number of fused-ring (bicyclic) bond motifs is 1. The minimum Gasteiger partial charge on any atom is -0.319 e. The van der Waals surface area contributed by atoms with Gasteiger partial charge in [0.15, 0.2) is 0 Å². The van der Waals surface area contributed by atoms with Gasteiger partial charge in [-0.1, -0.05) is 30.2 Å². The quantitative estimate of drug-likeness (QED) is 0.784. The molecule has 3 fully saturated rings. The van der Waals surface area contributed by atoms with Gasteiger partial charge in [0.1, 0.15) is 6.29 Å². The molecule has 2 nitrogen and oxygen atoms in total. The maximum atomic E-state index is 11.0. The van der Waals surface area contributed by atoms with Crippen molar-refractivity contribution in [1.29, 1.82) is 0 Å². The average molecular weight is 285 g/mol. The van der Waals surface area contributed by atoms with Crippen molar-refractivity contribution in [2.75, 3.05) is 0 Å². The minimum atomic E-state index is -0.496. The van der Waals surface area contributed by atoms with Gasteiger partial charge in [-0.15, -0.1) is 0 Å². The Morgan fingerprint density at radius 3 is 2.62 bits per heavy atom. The van der Waals surface area contributed by atoms with E-state index >= 15 is 0 Å². The van der Waals surface area contributed by atoms with E-state index in [1.165, 1.54) is 25.7 Å². The Labute approximate surface area is 127 Å². The van der Waals surface area contributed by atoms with Crippen molar-refractivity contribution in [3.63, 3.8) is 0 Å². The molecule has 2 heteroatoms. The van der Waals surface area contributed by atoms with Crippen LogP contribution in [0.4, 0.5) is 0 Å². The van der Waals surface area contributed by atoms with Gasteiger partial charge in [-0.2, -0.15) is 0 Å². The Morgan fingerprint density at radius 2 is 2.00 bits per heavy atom. The van der Waals surface area contributed by atoms with Crippen molar-refractivity contribution in [2.24, 2.45) is 35.3 Å². The monoisotopic (exact) mass is 285 g/mol. The zero-order chi connectivity index (χ0) is 14.4. The summed E-state index contributed by atoms with van der Waals surface area (Å²) in [7, 11) is 0. The van der Waals surface area contributed by atoms with Crippen molar-refractivity contribution in [3.05, 3.63) is 23.8 Å². The first-order valence-corrected chi connectivity index (χ1v) is 8.83. The number of carbonyl (C=O) groups excluding carboxylic acids is 1. The second-order valence-corrected chi connectivity index (χ2v) is 7.92. The van der Waals surface area contributed by atoms with E-state index in [-0.39, 0.29) is 0 Å². The Balaban J connectivity index is 1.18. The summed E-state index contributed by atoms with van der Waals surface area (Å²) in [6, 6.07) is 0. The first-order chi connectivity index (χ1) is 10.2. The van der Waals surface area contributed by atoms with Crippen LogP contribution in [0.3, 0.4) is 0 Å². The van der Waals surface area contributed by atoms with Gasteiger partial charge in [-0.05, 0) is 74.5 Å². The zero-order valence-electron chi connectivity index (χ0n) is 12.8. The number of aldehydes is 1. The first kappa shape index (κ1) is 13.8. The molecule has 0 aliphatic heterocycles. The van der Waals surface area contributed by atoms with Gasteiger partial charge in [-0.25, -0.2) is 0 Å². The summed E-state index contributed by atoms with van der Waals surface area (Å²) in [4.78, 5) is 11.0. The Hall–Kier alpha value is -0.890. The minimum absolute atomic E-state index is 0.496. The van der Waals surface area contributed by atoms with Crippen molar-refractivity contribution in [1.82, 2.24) is 0 Å². The predicted octanol–water partition coefficient (Wildman–Crippen LogP) is 3.62. The lowest BCUT2D eigenvalue weighted by Crippen LogP contribution is -2.44. The van der Waals surface area contributed by atoms with Gasteiger partial charge in [0.25, 0.3) is 0 Å². The van der Waals surface area contributed by atoms with Gasteiger partial charge in [0, 0.05) is 0 Å². The summed E-state index contributed by atoms with van der Waals surface area (Å²) in [6.07, 6.45) is 17.4. The molecule has 4 aliphatic carbocycles. The number of hydrogen-bond donors (Lipinski definition) is 1. The van der Waals surface area contributed by atoms with Gasteiger partial charge < -0.3 is 10.5 Å². The first-order valence-electron chi connectivity index (χ1n) is 8.83. The van der Waals surface area contributed by atoms with Crippen LogP contribution in [0.2, 0.25) is 0 Å². The molecule has 2 unspecified atom stereocenters. The molecule has 0 amide bonds. The number of nitrogens with two attached hydrogens (primary N) is 1. The summed E-state index contributed by atoms with van der Waals surface area (Å²) in [6.45, 7) is 0. The SMILES string of the molecule is NC1(C=O)CCC(CCC2C3C(C4=CC=CCC4)C23)CC1. The summed E-state index contributed by atoms with van der Waals surface area (Å²) in [5.74, 6) is 4.94. The molecular formula is C19H27NO. The number of carbonyl (C=O) groups is 1. The lowest BCUT2D eigenvalue weighted by atomic mass is 9.75. The highest BCUT2D eigenvalue weighted by Gasteiger charge is 2.72. The smallest absolute Gasteiger partial charge is 0.139 e. The third-order valence-electron chi connectivity index (χ3n) is 6.63. The topological polar surface area (TPSA) is 43.1 Å². The van der Waals surface area contributed by atoms with Gasteiger partial charge in [-0.3, -0.25) is 0 Å². The number of hydrogen-bond acceptors (Lipinski definition) is 2. The number of rotatable bonds is 5. The van der Waals surface area contributed by atoms with E-state index in [0.717, 1.165) is 61.6 Å². The summed E-state index contributed by atoms with van der Waals surface area (Å²) in [5, 5.41) is 0. The van der Waals surface area contributed by atoms with Gasteiger partial charge in [0.05, 0.1) is 5.54 Å². The maximum absolute atomic E-state index is 11.0. The second kappa shape index (κ2) is 5.08. The summed E-state index contributed by atoms with van der Waals surface area (Å²) >= 11 is 0. The average Bonchev–Trinajstić information content (AvgIpc) is 3.41. The van der Waals surface area contributed by atoms with Crippen molar-refractivity contribution in [2.45, 2.75) is 56.9 Å². The lowest BCUT2D eigenvalue weighted by Gasteiger charge is -2.33. The molecule has 4 rings (SSSR count). The Bertz CT molecular complexity index is 474. The van der Waals surface area contributed by atoms with E-state index in [2.05, 4.69) is 18.2 Å². The molecule has 0 aromatic rings. The maximum Gasteiger partial charge on any atom is 0.139 e. The standard InChI is InChI=1S/C19H27NO/c20-19(12-21)10-8-13(9-11-19)6-7-15-17-16(18(15)17)14-4-2-1-3-5-14/h1-2,4,12-13,15-18H,3,5-11,20H2. The van der Waals surface area contributed by atoms with E-state index in [0.29, 0.717) is 0 Å². The highest BCUT2D eigenvalue weighted by molar-refractivity contribution is 5.63. The fraction of sp³-hybridized carbons (Fsp3) is 0.737. The predicted molar refractivity (Wildman–Crippen MR) is 84.6 cm³/mol. The molecule has 0 radical (unpaired) electrons. The molecule has 114 valence electrons. The van der Waals surface area contributed by atoms with Gasteiger partial charge in [0.2, 0.25) is 0 Å². The van der Waals surface area contributed by atoms with E-state index in [1.807, 2.05) is 0 Å². The molecular weight excluding hydrogens is 258 g/mol.